The molecule has 0 N–H and O–H groups in total. The molecule has 0 fully saturated rings. The molecule has 2 aromatic carbocycles. The first kappa shape index (κ1) is 11.7. The van der Waals surface area contributed by atoms with Crippen molar-refractivity contribution in [2.75, 3.05) is 0 Å². The summed E-state index contributed by atoms with van der Waals surface area (Å²) in [6.07, 6.45) is 0. The molecule has 2 aromatic rings. The Morgan fingerprint density at radius 2 is 1.76 bits per heavy atom. The molecule has 1 unspecified atom stereocenters. The Morgan fingerprint density at radius 1 is 1.12 bits per heavy atom. The van der Waals surface area contributed by atoms with Crippen LogP contribution in [-0.4, -0.2) is 4.33 Å². The van der Waals surface area contributed by atoms with Gasteiger partial charge in [-0.15, -0.1) is 0 Å². The first-order valence-electron chi connectivity index (χ1n) is 5.19. The molecule has 0 amide bonds. The van der Waals surface area contributed by atoms with Crippen LogP contribution < -0.4 is 0 Å². The molecule has 0 saturated heterocycles. The minimum atomic E-state index is -1.39. The standard InChI is InChI=1S/C13H12NO2S/c15-14(16)17(13-9-5-2-6-10-13)11-12-7-3-1-4-8-12/h1,3-10,17H,11H2. The van der Waals surface area contributed by atoms with Crippen LogP contribution in [0.1, 0.15) is 5.56 Å². The number of nitrogens with zero attached hydrogens (tertiary/aromatic N) is 1. The highest BCUT2D eigenvalue weighted by Crippen LogP contribution is 2.39. The largest absolute Gasteiger partial charge is 0.252 e. The zero-order valence-corrected chi connectivity index (χ0v) is 10.0. The molecule has 2 rings (SSSR count). The zero-order valence-electron chi connectivity index (χ0n) is 9.11. The van der Waals surface area contributed by atoms with Gasteiger partial charge < -0.3 is 0 Å². The highest BCUT2D eigenvalue weighted by molar-refractivity contribution is 8.10. The highest BCUT2D eigenvalue weighted by Gasteiger charge is 2.17. The molecule has 17 heavy (non-hydrogen) atoms. The number of hydrogen-bond donors (Lipinski definition) is 1. The van der Waals surface area contributed by atoms with Crippen LogP contribution in [0.25, 0.3) is 0 Å². The van der Waals surface area contributed by atoms with E-state index in [4.69, 9.17) is 0 Å². The van der Waals surface area contributed by atoms with Crippen molar-refractivity contribution >= 4 is 11.1 Å². The van der Waals surface area contributed by atoms with Crippen LogP contribution in [-0.2, 0) is 5.75 Å². The number of rotatable bonds is 4. The van der Waals surface area contributed by atoms with E-state index in [1.54, 1.807) is 24.3 Å². The van der Waals surface area contributed by atoms with E-state index in [9.17, 15) is 10.1 Å². The van der Waals surface area contributed by atoms with Gasteiger partial charge in [-0.3, -0.25) is 10.1 Å². The lowest BCUT2D eigenvalue weighted by molar-refractivity contribution is -0.290. The average Bonchev–Trinajstić information content (AvgIpc) is 2.38. The lowest BCUT2D eigenvalue weighted by Gasteiger charge is -2.13. The summed E-state index contributed by atoms with van der Waals surface area (Å²) < 4.78 is -0.169. The number of benzene rings is 2. The van der Waals surface area contributed by atoms with E-state index >= 15 is 0 Å². The monoisotopic (exact) mass is 246 g/mol. The smallest absolute Gasteiger partial charge is 0.0733 e. The van der Waals surface area contributed by atoms with Crippen molar-refractivity contribution in [3.63, 3.8) is 0 Å². The van der Waals surface area contributed by atoms with Crippen LogP contribution >= 0.6 is 11.1 Å². The van der Waals surface area contributed by atoms with Crippen molar-refractivity contribution in [2.24, 2.45) is 0 Å². The zero-order chi connectivity index (χ0) is 12.1. The van der Waals surface area contributed by atoms with E-state index in [0.29, 0.717) is 5.75 Å². The van der Waals surface area contributed by atoms with E-state index in [-0.39, 0.29) is 4.33 Å². The maximum absolute atomic E-state index is 11.1. The van der Waals surface area contributed by atoms with Crippen molar-refractivity contribution in [2.45, 2.75) is 10.6 Å². The maximum atomic E-state index is 11.1. The van der Waals surface area contributed by atoms with Gasteiger partial charge in [-0.1, -0.05) is 42.5 Å². The molecule has 3 nitrogen and oxygen atoms in total. The van der Waals surface area contributed by atoms with Crippen molar-refractivity contribution in [1.29, 1.82) is 0 Å². The van der Waals surface area contributed by atoms with E-state index in [1.807, 2.05) is 30.3 Å². The fourth-order valence-electron chi connectivity index (χ4n) is 1.55. The topological polar surface area (TPSA) is 43.1 Å². The van der Waals surface area contributed by atoms with Crippen LogP contribution in [0.4, 0.5) is 0 Å². The minimum absolute atomic E-state index is 0.169. The SMILES string of the molecule is O=[N+]([O-])[SH](Cc1ccccc1)c1cc[c]cc1. The average molecular weight is 246 g/mol. The second-order valence-corrected chi connectivity index (χ2v) is 5.50. The molecule has 0 spiro atoms. The van der Waals surface area contributed by atoms with Crippen LogP contribution in [0.15, 0.2) is 59.5 Å². The summed E-state index contributed by atoms with van der Waals surface area (Å²) in [6.45, 7) is 0. The van der Waals surface area contributed by atoms with Crippen molar-refractivity contribution in [1.82, 2.24) is 0 Å². The molecule has 0 aliphatic rings. The lowest BCUT2D eigenvalue weighted by Crippen LogP contribution is -1.99. The highest BCUT2D eigenvalue weighted by atomic mass is 32.2. The predicted molar refractivity (Wildman–Crippen MR) is 69.7 cm³/mol. The third-order valence-electron chi connectivity index (χ3n) is 2.37. The maximum Gasteiger partial charge on any atom is 0.0733 e. The van der Waals surface area contributed by atoms with Gasteiger partial charge in [0.25, 0.3) is 0 Å². The lowest BCUT2D eigenvalue weighted by atomic mass is 10.2. The normalized spacial score (nSPS) is 13.1. The summed E-state index contributed by atoms with van der Waals surface area (Å²) in [5, 5.41) is 11.1. The molecule has 87 valence electrons. The van der Waals surface area contributed by atoms with Crippen LogP contribution in [0.5, 0.6) is 0 Å². The molecule has 0 aromatic heterocycles. The quantitative estimate of drug-likeness (QED) is 0.511. The Kier molecular flexibility index (Phi) is 3.77. The Morgan fingerprint density at radius 3 is 2.35 bits per heavy atom. The summed E-state index contributed by atoms with van der Waals surface area (Å²) in [5.74, 6) is 0.479. The summed E-state index contributed by atoms with van der Waals surface area (Å²) in [4.78, 5) is 11.9. The van der Waals surface area contributed by atoms with Gasteiger partial charge in [0, 0.05) is 16.0 Å². The van der Waals surface area contributed by atoms with Crippen molar-refractivity contribution < 1.29 is 4.33 Å². The molecule has 0 heterocycles. The minimum Gasteiger partial charge on any atom is -0.252 e. The first-order valence-corrected chi connectivity index (χ1v) is 6.67. The molecule has 0 bridgehead atoms. The number of nitro groups is 1. The van der Waals surface area contributed by atoms with E-state index < -0.39 is 11.1 Å². The first-order chi connectivity index (χ1) is 8.27. The van der Waals surface area contributed by atoms with Crippen LogP contribution in [0, 0.1) is 16.2 Å². The van der Waals surface area contributed by atoms with Gasteiger partial charge in [0.2, 0.25) is 0 Å². The summed E-state index contributed by atoms with van der Waals surface area (Å²) in [7, 11) is 0. The fourth-order valence-corrected chi connectivity index (χ4v) is 3.09. The van der Waals surface area contributed by atoms with Crippen LogP contribution in [0.3, 0.4) is 0 Å². The van der Waals surface area contributed by atoms with E-state index in [1.165, 1.54) is 0 Å². The third-order valence-corrected chi connectivity index (χ3v) is 4.32. The second-order valence-electron chi connectivity index (χ2n) is 3.54. The van der Waals surface area contributed by atoms with Gasteiger partial charge in [-0.2, -0.15) is 0 Å². The summed E-state index contributed by atoms with van der Waals surface area (Å²) in [5.41, 5.74) is 1.00. The Labute approximate surface area is 103 Å². The van der Waals surface area contributed by atoms with Gasteiger partial charge in [-0.25, -0.2) is 0 Å². The second kappa shape index (κ2) is 5.50. The van der Waals surface area contributed by atoms with Gasteiger partial charge in [0.05, 0.1) is 10.1 Å². The van der Waals surface area contributed by atoms with Crippen molar-refractivity contribution in [3.05, 3.63) is 76.3 Å². The number of thiol groups is 1. The van der Waals surface area contributed by atoms with Gasteiger partial charge >= 0.3 is 0 Å². The Balaban J connectivity index is 2.23. The molecular weight excluding hydrogens is 234 g/mol. The molecular formula is C13H12NO2S. The van der Waals surface area contributed by atoms with Gasteiger partial charge in [-0.05, 0) is 23.8 Å². The Hall–Kier alpha value is -1.81. The molecule has 4 heteroatoms. The third kappa shape index (κ3) is 3.07. The van der Waals surface area contributed by atoms with E-state index in [2.05, 4.69) is 6.07 Å². The van der Waals surface area contributed by atoms with Crippen molar-refractivity contribution in [3.8, 4) is 0 Å². The number of hydrogen-bond acceptors (Lipinski definition) is 2. The molecule has 1 radical (unpaired) electrons. The molecule has 0 aliphatic heterocycles. The summed E-state index contributed by atoms with van der Waals surface area (Å²) >= 11 is -1.39. The van der Waals surface area contributed by atoms with Gasteiger partial charge in [0.15, 0.2) is 0 Å². The van der Waals surface area contributed by atoms with Crippen LogP contribution in [0.2, 0.25) is 0 Å². The van der Waals surface area contributed by atoms with Gasteiger partial charge in [0.1, 0.15) is 0 Å². The molecule has 0 saturated carbocycles. The predicted octanol–water partition coefficient (Wildman–Crippen LogP) is 3.24. The Bertz CT molecular complexity index is 487. The molecule has 1 atom stereocenters. The molecule has 0 aliphatic carbocycles. The fraction of sp³-hybridized carbons (Fsp3) is 0.0769. The summed E-state index contributed by atoms with van der Waals surface area (Å²) in [6, 6.07) is 19.4. The van der Waals surface area contributed by atoms with E-state index in [0.717, 1.165) is 10.5 Å².